The average molecular weight is 314 g/mol. The number of nitrogens with one attached hydrogen (secondary N) is 2. The van der Waals surface area contributed by atoms with Crippen molar-refractivity contribution in [3.63, 3.8) is 0 Å². The van der Waals surface area contributed by atoms with Gasteiger partial charge in [0.25, 0.3) is 0 Å². The highest BCUT2D eigenvalue weighted by Gasteiger charge is 2.24. The third-order valence-electron chi connectivity index (χ3n) is 4.63. The Morgan fingerprint density at radius 1 is 1.30 bits per heavy atom. The van der Waals surface area contributed by atoms with Gasteiger partial charge in [0.2, 0.25) is 5.91 Å². The highest BCUT2D eigenvalue weighted by Crippen LogP contribution is 2.32. The van der Waals surface area contributed by atoms with Crippen molar-refractivity contribution in [3.05, 3.63) is 23.9 Å². The van der Waals surface area contributed by atoms with Crippen LogP contribution in [0.15, 0.2) is 18.3 Å². The second-order valence-corrected chi connectivity index (χ2v) is 7.62. The van der Waals surface area contributed by atoms with E-state index in [0.717, 1.165) is 37.0 Å². The van der Waals surface area contributed by atoms with E-state index < -0.39 is 5.41 Å². The van der Waals surface area contributed by atoms with E-state index in [1.54, 1.807) is 0 Å². The highest BCUT2D eigenvalue weighted by molar-refractivity contribution is 5.94. The SMILES string of the molecule is CN1CCC(c2c[nH]c3ccc(NC(=O)C(C)(C)C)nc23)CC1. The minimum Gasteiger partial charge on any atom is -0.360 e. The number of carbonyl (C=O) groups excluding carboxylic acids is 1. The number of amides is 1. The lowest BCUT2D eigenvalue weighted by Gasteiger charge is -2.28. The van der Waals surface area contributed by atoms with E-state index in [9.17, 15) is 4.79 Å². The van der Waals surface area contributed by atoms with Crippen molar-refractivity contribution in [2.24, 2.45) is 5.41 Å². The molecule has 2 aromatic rings. The van der Waals surface area contributed by atoms with Gasteiger partial charge in [-0.05, 0) is 56.6 Å². The van der Waals surface area contributed by atoms with Gasteiger partial charge in [0, 0.05) is 11.6 Å². The molecule has 0 aromatic carbocycles. The molecule has 0 bridgehead atoms. The van der Waals surface area contributed by atoms with Crippen molar-refractivity contribution in [2.45, 2.75) is 39.5 Å². The van der Waals surface area contributed by atoms with Crippen LogP contribution in [0.1, 0.15) is 45.1 Å². The monoisotopic (exact) mass is 314 g/mol. The summed E-state index contributed by atoms with van der Waals surface area (Å²) >= 11 is 0. The van der Waals surface area contributed by atoms with Crippen LogP contribution in [-0.4, -0.2) is 40.9 Å². The first-order valence-corrected chi connectivity index (χ1v) is 8.32. The smallest absolute Gasteiger partial charge is 0.230 e. The van der Waals surface area contributed by atoms with Crippen LogP contribution in [0.5, 0.6) is 0 Å². The number of pyridine rings is 1. The lowest BCUT2D eigenvalue weighted by Crippen LogP contribution is -2.29. The normalized spacial score (nSPS) is 17.6. The number of anilines is 1. The number of rotatable bonds is 2. The van der Waals surface area contributed by atoms with Gasteiger partial charge < -0.3 is 15.2 Å². The Hall–Kier alpha value is -1.88. The molecule has 2 aromatic heterocycles. The molecule has 1 amide bonds. The summed E-state index contributed by atoms with van der Waals surface area (Å²) in [7, 11) is 2.17. The number of H-pyrrole nitrogens is 1. The first-order valence-electron chi connectivity index (χ1n) is 8.32. The number of hydrogen-bond donors (Lipinski definition) is 2. The molecule has 0 radical (unpaired) electrons. The fraction of sp³-hybridized carbons (Fsp3) is 0.556. The predicted octanol–water partition coefficient (Wildman–Crippen LogP) is 3.36. The zero-order valence-corrected chi connectivity index (χ0v) is 14.4. The van der Waals surface area contributed by atoms with Crippen LogP contribution in [0.2, 0.25) is 0 Å². The maximum atomic E-state index is 12.2. The third kappa shape index (κ3) is 3.39. The van der Waals surface area contributed by atoms with Crippen molar-refractivity contribution in [1.82, 2.24) is 14.9 Å². The molecule has 1 aliphatic rings. The van der Waals surface area contributed by atoms with Gasteiger partial charge in [0.05, 0.1) is 11.0 Å². The lowest BCUT2D eigenvalue weighted by molar-refractivity contribution is -0.123. The minimum atomic E-state index is -0.425. The molecular formula is C18H26N4O. The van der Waals surface area contributed by atoms with E-state index in [-0.39, 0.29) is 5.91 Å². The van der Waals surface area contributed by atoms with E-state index in [1.807, 2.05) is 32.9 Å². The highest BCUT2D eigenvalue weighted by atomic mass is 16.2. The summed E-state index contributed by atoms with van der Waals surface area (Å²) in [5.74, 6) is 1.16. The van der Waals surface area contributed by atoms with E-state index in [0.29, 0.717) is 11.7 Å². The molecule has 0 aliphatic carbocycles. The van der Waals surface area contributed by atoms with E-state index >= 15 is 0 Å². The van der Waals surface area contributed by atoms with Crippen LogP contribution in [0.3, 0.4) is 0 Å². The molecule has 1 fully saturated rings. The third-order valence-corrected chi connectivity index (χ3v) is 4.63. The number of nitrogens with zero attached hydrogens (tertiary/aromatic N) is 2. The summed E-state index contributed by atoms with van der Waals surface area (Å²) in [6.45, 7) is 7.96. The molecule has 1 saturated heterocycles. The lowest BCUT2D eigenvalue weighted by atomic mass is 9.90. The van der Waals surface area contributed by atoms with Gasteiger partial charge in [-0.2, -0.15) is 0 Å². The van der Waals surface area contributed by atoms with Crippen molar-refractivity contribution >= 4 is 22.8 Å². The van der Waals surface area contributed by atoms with Gasteiger partial charge in [0.15, 0.2) is 0 Å². The number of hydrogen-bond acceptors (Lipinski definition) is 3. The van der Waals surface area contributed by atoms with Crippen LogP contribution in [0, 0.1) is 5.41 Å². The van der Waals surface area contributed by atoms with Gasteiger partial charge >= 0.3 is 0 Å². The van der Waals surface area contributed by atoms with E-state index in [1.165, 1.54) is 5.56 Å². The van der Waals surface area contributed by atoms with Crippen molar-refractivity contribution < 1.29 is 4.79 Å². The molecule has 0 unspecified atom stereocenters. The number of likely N-dealkylation sites (tertiary alicyclic amines) is 1. The van der Waals surface area contributed by atoms with Crippen molar-refractivity contribution in [3.8, 4) is 0 Å². The molecule has 5 heteroatoms. The van der Waals surface area contributed by atoms with Crippen LogP contribution in [0.4, 0.5) is 5.82 Å². The van der Waals surface area contributed by atoms with E-state index in [4.69, 9.17) is 4.98 Å². The first-order chi connectivity index (χ1) is 10.8. The second-order valence-electron chi connectivity index (χ2n) is 7.62. The molecule has 5 nitrogen and oxygen atoms in total. The number of aromatic nitrogens is 2. The van der Waals surface area contributed by atoms with Crippen LogP contribution in [0.25, 0.3) is 11.0 Å². The maximum absolute atomic E-state index is 12.2. The Kier molecular flexibility index (Phi) is 4.15. The summed E-state index contributed by atoms with van der Waals surface area (Å²) in [6, 6.07) is 3.86. The number of fused-ring (bicyclic) bond motifs is 1. The van der Waals surface area contributed by atoms with Gasteiger partial charge in [-0.1, -0.05) is 20.8 Å². The Bertz CT molecular complexity index is 705. The Morgan fingerprint density at radius 3 is 2.65 bits per heavy atom. The molecule has 3 heterocycles. The van der Waals surface area contributed by atoms with E-state index in [2.05, 4.69) is 28.4 Å². The molecule has 0 spiro atoms. The minimum absolute atomic E-state index is 0.0132. The summed E-state index contributed by atoms with van der Waals surface area (Å²) < 4.78 is 0. The number of aromatic amines is 1. The summed E-state index contributed by atoms with van der Waals surface area (Å²) in [4.78, 5) is 22.6. The van der Waals surface area contributed by atoms with Crippen LogP contribution >= 0.6 is 0 Å². The summed E-state index contributed by atoms with van der Waals surface area (Å²) in [5, 5.41) is 2.93. The van der Waals surface area contributed by atoms with Gasteiger partial charge in [-0.25, -0.2) is 4.98 Å². The predicted molar refractivity (Wildman–Crippen MR) is 93.7 cm³/mol. The largest absolute Gasteiger partial charge is 0.360 e. The Labute approximate surface area is 137 Å². The van der Waals surface area contributed by atoms with Gasteiger partial charge in [-0.3, -0.25) is 4.79 Å². The van der Waals surface area contributed by atoms with Gasteiger partial charge in [-0.15, -0.1) is 0 Å². The first kappa shape index (κ1) is 16.0. The quantitative estimate of drug-likeness (QED) is 0.893. The zero-order valence-electron chi connectivity index (χ0n) is 14.4. The Balaban J connectivity index is 1.87. The standard InChI is InChI=1S/C18H26N4O/c1-18(2,3)17(23)21-15-6-5-14-16(20-15)13(11-19-14)12-7-9-22(4)10-8-12/h5-6,11-12,19H,7-10H2,1-4H3,(H,20,21,23). The van der Waals surface area contributed by atoms with Gasteiger partial charge in [0.1, 0.15) is 5.82 Å². The topological polar surface area (TPSA) is 61.0 Å². The molecule has 3 rings (SSSR count). The molecule has 2 N–H and O–H groups in total. The Morgan fingerprint density at radius 2 is 2.00 bits per heavy atom. The molecule has 0 atom stereocenters. The number of piperidine rings is 1. The molecule has 124 valence electrons. The fourth-order valence-corrected chi connectivity index (χ4v) is 3.02. The maximum Gasteiger partial charge on any atom is 0.230 e. The molecule has 0 saturated carbocycles. The van der Waals surface area contributed by atoms with Crippen LogP contribution in [-0.2, 0) is 4.79 Å². The molecule has 23 heavy (non-hydrogen) atoms. The second kappa shape index (κ2) is 5.96. The molecule has 1 aliphatic heterocycles. The van der Waals surface area contributed by atoms with Crippen molar-refractivity contribution in [2.75, 3.05) is 25.5 Å². The number of carbonyl (C=O) groups is 1. The van der Waals surface area contributed by atoms with Crippen LogP contribution < -0.4 is 5.32 Å². The zero-order chi connectivity index (χ0) is 16.6. The summed E-state index contributed by atoms with van der Waals surface area (Å²) in [6.07, 6.45) is 4.40. The fourth-order valence-electron chi connectivity index (χ4n) is 3.02. The average Bonchev–Trinajstić information content (AvgIpc) is 2.90. The molecular weight excluding hydrogens is 288 g/mol. The summed E-state index contributed by atoms with van der Waals surface area (Å²) in [5.41, 5.74) is 2.88. The van der Waals surface area contributed by atoms with Crippen molar-refractivity contribution in [1.29, 1.82) is 0 Å².